The maximum atomic E-state index is 12.1. The Morgan fingerprint density at radius 3 is 1.77 bits per heavy atom. The Morgan fingerprint density at radius 2 is 1.20 bits per heavy atom. The van der Waals surface area contributed by atoms with Crippen molar-refractivity contribution in [3.05, 3.63) is 0 Å². The number of amides is 2. The highest BCUT2D eigenvalue weighted by atomic mass is 16.7. The summed E-state index contributed by atoms with van der Waals surface area (Å²) in [7, 11) is 0. The number of nitrogens with one attached hydrogen (secondary N) is 2. The first-order chi connectivity index (χ1) is 20.8. The van der Waals surface area contributed by atoms with Gasteiger partial charge in [-0.05, 0) is 13.0 Å². The molecule has 256 valence electrons. The molecule has 3 saturated heterocycles. The van der Waals surface area contributed by atoms with Gasteiger partial charge in [0.15, 0.2) is 18.9 Å². The summed E-state index contributed by atoms with van der Waals surface area (Å²) < 4.78 is 34.3. The summed E-state index contributed by atoms with van der Waals surface area (Å²) in [6.45, 7) is 0.675. The molecule has 19 heteroatoms. The van der Waals surface area contributed by atoms with Crippen molar-refractivity contribution < 1.29 is 78.9 Å². The molecular weight excluding hydrogens is 598 g/mol. The van der Waals surface area contributed by atoms with E-state index < -0.39 is 124 Å². The predicted molar refractivity (Wildman–Crippen MR) is 142 cm³/mol. The molecule has 44 heavy (non-hydrogen) atoms. The lowest BCUT2D eigenvalue weighted by Crippen LogP contribution is -2.68. The first-order valence-electron chi connectivity index (χ1n) is 14.2. The van der Waals surface area contributed by atoms with Gasteiger partial charge in [0, 0.05) is 13.8 Å². The van der Waals surface area contributed by atoms with Crippen molar-refractivity contribution in [1.82, 2.24) is 10.6 Å². The minimum Gasteiger partial charge on any atom is -0.394 e. The van der Waals surface area contributed by atoms with Crippen LogP contribution < -0.4 is 16.4 Å². The quantitative estimate of drug-likeness (QED) is 0.0831. The number of carbonyl (C=O) groups is 2. The van der Waals surface area contributed by atoms with Crippen molar-refractivity contribution in [1.29, 1.82) is 0 Å². The fourth-order valence-electron chi connectivity index (χ4n) is 5.17. The third-order valence-electron chi connectivity index (χ3n) is 7.49. The number of ether oxygens (including phenoxy) is 6. The average Bonchev–Trinajstić information content (AvgIpc) is 2.98. The summed E-state index contributed by atoms with van der Waals surface area (Å²) >= 11 is 0. The molecule has 3 aliphatic rings. The monoisotopic (exact) mass is 643 g/mol. The van der Waals surface area contributed by atoms with Gasteiger partial charge in [-0.1, -0.05) is 0 Å². The van der Waals surface area contributed by atoms with Gasteiger partial charge in [-0.2, -0.15) is 0 Å². The van der Waals surface area contributed by atoms with Crippen molar-refractivity contribution in [2.75, 3.05) is 33.0 Å². The molecule has 0 unspecified atom stereocenters. The third kappa shape index (κ3) is 8.78. The summed E-state index contributed by atoms with van der Waals surface area (Å²) in [5, 5.41) is 87.3. The Morgan fingerprint density at radius 1 is 0.682 bits per heavy atom. The third-order valence-corrected chi connectivity index (χ3v) is 7.49. The van der Waals surface area contributed by atoms with E-state index in [4.69, 9.17) is 34.2 Å². The molecule has 0 aromatic rings. The number of rotatable bonds is 13. The summed E-state index contributed by atoms with van der Waals surface area (Å²) in [5.74, 6) is -1.17. The molecule has 3 rings (SSSR count). The highest BCUT2D eigenvalue weighted by Gasteiger charge is 2.52. The Kier molecular flexibility index (Phi) is 14.0. The van der Waals surface area contributed by atoms with Crippen LogP contribution in [0.4, 0.5) is 0 Å². The van der Waals surface area contributed by atoms with E-state index in [0.717, 1.165) is 6.92 Å². The Hall–Kier alpha value is -1.66. The predicted octanol–water partition coefficient (Wildman–Crippen LogP) is -6.91. The largest absolute Gasteiger partial charge is 0.394 e. The Bertz CT molecular complexity index is 919. The highest BCUT2D eigenvalue weighted by molar-refractivity contribution is 5.73. The Balaban J connectivity index is 1.87. The molecule has 0 spiro atoms. The second-order valence-electron chi connectivity index (χ2n) is 10.8. The molecular formula is C25H45N3O16. The minimum absolute atomic E-state index is 0.0479. The normalized spacial score (nSPS) is 42.9. The number of aliphatic hydroxyl groups excluding tert-OH is 8. The van der Waals surface area contributed by atoms with E-state index in [-0.39, 0.29) is 13.2 Å². The molecule has 19 nitrogen and oxygen atoms in total. The van der Waals surface area contributed by atoms with Crippen LogP contribution in [-0.4, -0.2) is 178 Å². The molecule has 2 amide bonds. The summed E-state index contributed by atoms with van der Waals surface area (Å²) in [4.78, 5) is 23.9. The fraction of sp³-hybridized carbons (Fsp3) is 0.920. The molecule has 12 N–H and O–H groups in total. The van der Waals surface area contributed by atoms with Gasteiger partial charge in [-0.3, -0.25) is 9.59 Å². The zero-order valence-corrected chi connectivity index (χ0v) is 24.3. The topological polar surface area (TPSA) is 301 Å². The lowest BCUT2D eigenvalue weighted by Gasteiger charge is -2.48. The van der Waals surface area contributed by atoms with Crippen molar-refractivity contribution in [2.24, 2.45) is 5.73 Å². The van der Waals surface area contributed by atoms with Crippen molar-refractivity contribution >= 4 is 11.8 Å². The van der Waals surface area contributed by atoms with E-state index in [1.165, 1.54) is 6.92 Å². The molecule has 3 fully saturated rings. The number of hydrogen-bond acceptors (Lipinski definition) is 17. The van der Waals surface area contributed by atoms with Gasteiger partial charge in [0.05, 0.1) is 26.4 Å². The molecule has 3 aliphatic heterocycles. The van der Waals surface area contributed by atoms with Crippen molar-refractivity contribution in [2.45, 2.75) is 112 Å². The lowest BCUT2D eigenvalue weighted by atomic mass is 9.95. The van der Waals surface area contributed by atoms with Gasteiger partial charge in [0.25, 0.3) is 0 Å². The summed E-state index contributed by atoms with van der Waals surface area (Å²) in [5.41, 5.74) is 5.56. The van der Waals surface area contributed by atoms with Gasteiger partial charge in [-0.25, -0.2) is 0 Å². The summed E-state index contributed by atoms with van der Waals surface area (Å²) in [6.07, 6.45) is -19.7. The molecule has 0 aromatic heterocycles. The van der Waals surface area contributed by atoms with Crippen LogP contribution in [0.1, 0.15) is 20.3 Å². The van der Waals surface area contributed by atoms with Crippen molar-refractivity contribution in [3.8, 4) is 0 Å². The maximum absolute atomic E-state index is 12.1. The van der Waals surface area contributed by atoms with Crippen LogP contribution in [0.2, 0.25) is 0 Å². The van der Waals surface area contributed by atoms with Gasteiger partial charge >= 0.3 is 0 Å². The van der Waals surface area contributed by atoms with E-state index in [1.54, 1.807) is 0 Å². The second-order valence-corrected chi connectivity index (χ2v) is 10.8. The zero-order chi connectivity index (χ0) is 32.7. The van der Waals surface area contributed by atoms with Gasteiger partial charge in [-0.15, -0.1) is 0 Å². The number of carbonyl (C=O) groups excluding carboxylic acids is 2. The molecule has 0 bridgehead atoms. The fourth-order valence-corrected chi connectivity index (χ4v) is 5.17. The summed E-state index contributed by atoms with van der Waals surface area (Å²) in [6, 6.07) is -2.53. The van der Waals surface area contributed by atoms with Crippen LogP contribution in [0.15, 0.2) is 0 Å². The zero-order valence-electron chi connectivity index (χ0n) is 24.3. The average molecular weight is 644 g/mol. The number of aliphatic hydroxyl groups is 8. The first kappa shape index (κ1) is 36.8. The van der Waals surface area contributed by atoms with Crippen LogP contribution in [0, 0.1) is 0 Å². The van der Waals surface area contributed by atoms with Gasteiger partial charge < -0.3 is 85.6 Å². The molecule has 0 radical (unpaired) electrons. The molecule has 3 heterocycles. The molecule has 0 aromatic carbocycles. The maximum Gasteiger partial charge on any atom is 0.217 e. The Labute approximate surface area is 252 Å². The van der Waals surface area contributed by atoms with E-state index in [1.807, 2.05) is 0 Å². The van der Waals surface area contributed by atoms with Gasteiger partial charge in [0.1, 0.15) is 73.1 Å². The van der Waals surface area contributed by atoms with Gasteiger partial charge in [0.2, 0.25) is 11.8 Å². The van der Waals surface area contributed by atoms with E-state index in [2.05, 4.69) is 10.6 Å². The standard InChI is InChI=1S/C25H45N3O16/c1-9(31)27-14-19(36)16(33)11(6-29)41-23(14)40-8-13-18(35)22(15(28-10(2)32)24(43-13)39-5-3-4-26)44-25-21(38)20(37)17(34)12(7-30)42-25/h11-25,29-30,33-38H,3-8,26H2,1-2H3,(H,27,31)(H,28,32)/t11-,12-,13-,14-,15-,16-,17+,18+,19-,20+,21-,22-,23-,24+,25+/m1/s1. The van der Waals surface area contributed by atoms with Crippen LogP contribution in [0.25, 0.3) is 0 Å². The lowest BCUT2D eigenvalue weighted by molar-refractivity contribution is -0.349. The first-order valence-corrected chi connectivity index (χ1v) is 14.2. The van der Waals surface area contributed by atoms with Crippen LogP contribution in [0.3, 0.4) is 0 Å². The van der Waals surface area contributed by atoms with E-state index in [9.17, 15) is 50.4 Å². The second kappa shape index (κ2) is 16.8. The van der Waals surface area contributed by atoms with E-state index in [0.29, 0.717) is 6.42 Å². The van der Waals surface area contributed by atoms with E-state index >= 15 is 0 Å². The number of hydrogen-bond donors (Lipinski definition) is 11. The highest BCUT2D eigenvalue weighted by Crippen LogP contribution is 2.31. The minimum atomic E-state index is -1.84. The number of nitrogens with two attached hydrogens (primary N) is 1. The SMILES string of the molecule is CC(=O)N[C@H]1[C@H](OC[C@H]2O[C@H](OCCCN)[C@H](NC(C)=O)[C@@H](O[C@@H]3O[C@H](CO)[C@H](O)[C@H](O)[C@H]3O)[C@H]2O)O[C@H](CO)[C@@H](O)[C@@H]1O. The smallest absolute Gasteiger partial charge is 0.217 e. The van der Waals surface area contributed by atoms with Crippen LogP contribution >= 0.6 is 0 Å². The van der Waals surface area contributed by atoms with Crippen LogP contribution in [0.5, 0.6) is 0 Å². The molecule has 0 saturated carbocycles. The van der Waals surface area contributed by atoms with Crippen molar-refractivity contribution in [3.63, 3.8) is 0 Å². The molecule has 0 aliphatic carbocycles. The van der Waals surface area contributed by atoms with Crippen LogP contribution in [-0.2, 0) is 38.0 Å². The molecule has 15 atom stereocenters.